The summed E-state index contributed by atoms with van der Waals surface area (Å²) in [6.07, 6.45) is 0. The number of carbonyl (C=O) groups is 1. The third-order valence-corrected chi connectivity index (χ3v) is 2.49. The minimum absolute atomic E-state index is 0.00432. The normalized spacial score (nSPS) is 9.96. The molecule has 0 saturated heterocycles. The molecule has 128 valence electrons. The summed E-state index contributed by atoms with van der Waals surface area (Å²) in [5, 5.41) is 10.5. The number of methoxy groups -OCH3 is 2. The minimum atomic E-state index is -0.523. The summed E-state index contributed by atoms with van der Waals surface area (Å²) >= 11 is 0. The van der Waals surface area contributed by atoms with Gasteiger partial charge in [-0.05, 0) is 6.92 Å². The number of rotatable bonds is 8. The second-order valence-electron chi connectivity index (χ2n) is 4.14. The molecule has 2 rings (SSSR count). The molecule has 0 spiro atoms. The van der Waals surface area contributed by atoms with E-state index in [-0.39, 0.29) is 30.4 Å². The fourth-order valence-corrected chi connectivity index (χ4v) is 1.44. The molecule has 0 atom stereocenters. The van der Waals surface area contributed by atoms with Gasteiger partial charge in [0.15, 0.2) is 6.61 Å². The zero-order chi connectivity index (χ0) is 17.4. The predicted molar refractivity (Wildman–Crippen MR) is 80.2 cm³/mol. The third-order valence-electron chi connectivity index (χ3n) is 2.49. The van der Waals surface area contributed by atoms with Gasteiger partial charge in [0.2, 0.25) is 17.7 Å². The second kappa shape index (κ2) is 8.41. The van der Waals surface area contributed by atoms with Crippen molar-refractivity contribution in [2.45, 2.75) is 6.92 Å². The van der Waals surface area contributed by atoms with Crippen LogP contribution in [0.3, 0.4) is 0 Å². The van der Waals surface area contributed by atoms with Gasteiger partial charge in [-0.2, -0.15) is 9.97 Å². The van der Waals surface area contributed by atoms with Crippen LogP contribution in [0.4, 0.5) is 5.95 Å². The molecule has 11 heteroatoms. The van der Waals surface area contributed by atoms with E-state index in [1.54, 1.807) is 0 Å². The van der Waals surface area contributed by atoms with Crippen LogP contribution in [0.25, 0.3) is 0 Å². The van der Waals surface area contributed by atoms with E-state index in [4.69, 9.17) is 14.2 Å². The molecule has 2 aromatic rings. The van der Waals surface area contributed by atoms with Crippen molar-refractivity contribution >= 4 is 11.9 Å². The highest BCUT2D eigenvalue weighted by molar-refractivity contribution is 5.70. The predicted octanol–water partition coefficient (Wildman–Crippen LogP) is 0.446. The SMILES string of the molecule is CCNc1nc(OC)nc(Oc2ccc(OCC(=O)OC)nn2)n1. The molecule has 0 aliphatic rings. The van der Waals surface area contributed by atoms with Gasteiger partial charge in [-0.15, -0.1) is 15.2 Å². The maximum atomic E-state index is 11.0. The Balaban J connectivity index is 2.05. The lowest BCUT2D eigenvalue weighted by molar-refractivity contribution is -0.143. The van der Waals surface area contributed by atoms with Crippen molar-refractivity contribution in [2.75, 3.05) is 32.7 Å². The smallest absolute Gasteiger partial charge is 0.343 e. The molecule has 0 fully saturated rings. The Morgan fingerprint density at radius 2 is 1.79 bits per heavy atom. The van der Waals surface area contributed by atoms with E-state index in [0.717, 1.165) is 0 Å². The molecule has 2 heterocycles. The van der Waals surface area contributed by atoms with Crippen LogP contribution >= 0.6 is 0 Å². The number of hydrogen-bond donors (Lipinski definition) is 1. The number of aromatic nitrogens is 5. The van der Waals surface area contributed by atoms with Crippen LogP contribution in [0.2, 0.25) is 0 Å². The molecular formula is C13H16N6O5. The van der Waals surface area contributed by atoms with Crippen LogP contribution in [0.5, 0.6) is 23.8 Å². The number of carbonyl (C=O) groups excluding carboxylic acids is 1. The van der Waals surface area contributed by atoms with Gasteiger partial charge >= 0.3 is 18.0 Å². The zero-order valence-electron chi connectivity index (χ0n) is 13.3. The van der Waals surface area contributed by atoms with Crippen LogP contribution < -0.4 is 19.5 Å². The summed E-state index contributed by atoms with van der Waals surface area (Å²) in [7, 11) is 2.70. The summed E-state index contributed by atoms with van der Waals surface area (Å²) in [4.78, 5) is 23.0. The van der Waals surface area contributed by atoms with Gasteiger partial charge < -0.3 is 24.3 Å². The lowest BCUT2D eigenvalue weighted by Crippen LogP contribution is -2.13. The number of anilines is 1. The average molecular weight is 336 g/mol. The monoisotopic (exact) mass is 336 g/mol. The Kier molecular flexibility index (Phi) is 6.00. The number of hydrogen-bond acceptors (Lipinski definition) is 11. The highest BCUT2D eigenvalue weighted by atomic mass is 16.6. The van der Waals surface area contributed by atoms with Crippen molar-refractivity contribution in [3.8, 4) is 23.8 Å². The van der Waals surface area contributed by atoms with Crippen LogP contribution in [0.15, 0.2) is 12.1 Å². The first-order valence-corrected chi connectivity index (χ1v) is 6.89. The number of ether oxygens (including phenoxy) is 4. The van der Waals surface area contributed by atoms with Crippen molar-refractivity contribution in [1.82, 2.24) is 25.1 Å². The first-order valence-electron chi connectivity index (χ1n) is 6.89. The second-order valence-corrected chi connectivity index (χ2v) is 4.14. The molecule has 2 aromatic heterocycles. The maximum Gasteiger partial charge on any atom is 0.343 e. The molecule has 11 nitrogen and oxygen atoms in total. The standard InChI is InChI=1S/C13H16N6O5/c1-4-14-11-15-12(22-3)17-13(16-11)24-9-6-5-8(18-19-9)23-7-10(20)21-2/h5-6H,4,7H2,1-3H3,(H,14,15,16,17). The summed E-state index contributed by atoms with van der Waals surface area (Å²) < 4.78 is 19.9. The van der Waals surface area contributed by atoms with Gasteiger partial charge in [0, 0.05) is 18.7 Å². The molecule has 0 radical (unpaired) electrons. The molecule has 24 heavy (non-hydrogen) atoms. The van der Waals surface area contributed by atoms with Crippen molar-refractivity contribution in [1.29, 1.82) is 0 Å². The molecule has 0 aliphatic carbocycles. The number of nitrogens with one attached hydrogen (secondary N) is 1. The fraction of sp³-hybridized carbons (Fsp3) is 0.385. The molecule has 0 aliphatic heterocycles. The van der Waals surface area contributed by atoms with Crippen molar-refractivity contribution < 1.29 is 23.7 Å². The fourth-order valence-electron chi connectivity index (χ4n) is 1.44. The average Bonchev–Trinajstić information content (AvgIpc) is 2.61. The van der Waals surface area contributed by atoms with Gasteiger partial charge in [-0.25, -0.2) is 4.79 Å². The number of nitrogens with zero attached hydrogens (tertiary/aromatic N) is 5. The molecular weight excluding hydrogens is 320 g/mol. The Hall–Kier alpha value is -3.24. The van der Waals surface area contributed by atoms with Gasteiger partial charge in [0.25, 0.3) is 0 Å². The molecule has 0 aromatic carbocycles. The van der Waals surface area contributed by atoms with Gasteiger partial charge in [-0.1, -0.05) is 0 Å². The van der Waals surface area contributed by atoms with Crippen LogP contribution in [0.1, 0.15) is 6.92 Å². The van der Waals surface area contributed by atoms with E-state index >= 15 is 0 Å². The van der Waals surface area contributed by atoms with E-state index in [1.165, 1.54) is 26.4 Å². The molecule has 1 N–H and O–H groups in total. The van der Waals surface area contributed by atoms with Gasteiger partial charge in [0.1, 0.15) is 0 Å². The summed E-state index contributed by atoms with van der Waals surface area (Å²) in [6.45, 7) is 2.26. The van der Waals surface area contributed by atoms with E-state index in [9.17, 15) is 4.79 Å². The van der Waals surface area contributed by atoms with Crippen LogP contribution in [-0.2, 0) is 9.53 Å². The highest BCUT2D eigenvalue weighted by Crippen LogP contribution is 2.19. The van der Waals surface area contributed by atoms with Gasteiger partial charge in [0.05, 0.1) is 14.2 Å². The quantitative estimate of drug-likeness (QED) is 0.674. The Morgan fingerprint density at radius 3 is 2.42 bits per heavy atom. The molecule has 0 saturated carbocycles. The van der Waals surface area contributed by atoms with Crippen molar-refractivity contribution in [3.63, 3.8) is 0 Å². The first-order chi connectivity index (χ1) is 11.6. The lowest BCUT2D eigenvalue weighted by Gasteiger charge is -2.07. The maximum absolute atomic E-state index is 11.0. The van der Waals surface area contributed by atoms with Crippen LogP contribution in [-0.4, -0.2) is 58.5 Å². The van der Waals surface area contributed by atoms with E-state index in [1.807, 2.05) is 6.92 Å². The summed E-state index contributed by atoms with van der Waals surface area (Å²) in [5.74, 6) is 0.0705. The largest absolute Gasteiger partial charge is 0.467 e. The topological polar surface area (TPSA) is 130 Å². The molecule has 0 amide bonds. The van der Waals surface area contributed by atoms with E-state index in [2.05, 4.69) is 35.2 Å². The van der Waals surface area contributed by atoms with E-state index < -0.39 is 5.97 Å². The Labute approximate surface area is 137 Å². The summed E-state index contributed by atoms with van der Waals surface area (Å²) in [5.41, 5.74) is 0. The zero-order valence-corrected chi connectivity index (χ0v) is 13.3. The highest BCUT2D eigenvalue weighted by Gasteiger charge is 2.10. The Bertz CT molecular complexity index is 681. The van der Waals surface area contributed by atoms with Crippen LogP contribution in [0, 0.1) is 0 Å². The third kappa shape index (κ3) is 4.90. The molecule has 0 bridgehead atoms. The minimum Gasteiger partial charge on any atom is -0.467 e. The lowest BCUT2D eigenvalue weighted by atomic mass is 10.5. The van der Waals surface area contributed by atoms with Crippen molar-refractivity contribution in [2.24, 2.45) is 0 Å². The Morgan fingerprint density at radius 1 is 1.08 bits per heavy atom. The van der Waals surface area contributed by atoms with E-state index in [0.29, 0.717) is 12.5 Å². The number of esters is 1. The molecule has 0 unspecified atom stereocenters. The first kappa shape index (κ1) is 17.1. The van der Waals surface area contributed by atoms with Gasteiger partial charge in [-0.3, -0.25) is 0 Å². The summed E-state index contributed by atoms with van der Waals surface area (Å²) in [6, 6.07) is 3.06. The van der Waals surface area contributed by atoms with Crippen molar-refractivity contribution in [3.05, 3.63) is 12.1 Å².